The molecule has 0 aromatic rings. The Kier molecular flexibility index (Phi) is 0.364. The SMILES string of the molecule is [2H]C1([2H])C([2H])([2H])C([2H])([2H])C([2H])(N)C([2H])(N)C1([2H])[2H]. The van der Waals surface area contributed by atoms with Crippen LogP contribution in [0.3, 0.4) is 0 Å². The molecule has 0 aromatic heterocycles. The van der Waals surface area contributed by atoms with Crippen LogP contribution in [0.2, 0.25) is 0 Å². The van der Waals surface area contributed by atoms with E-state index >= 15 is 0 Å². The summed E-state index contributed by atoms with van der Waals surface area (Å²) >= 11 is 0. The van der Waals surface area contributed by atoms with Crippen LogP contribution in [0.15, 0.2) is 0 Å². The quantitative estimate of drug-likeness (QED) is 0.485. The van der Waals surface area contributed by atoms with E-state index in [2.05, 4.69) is 0 Å². The summed E-state index contributed by atoms with van der Waals surface area (Å²) in [5.74, 6) is 0. The Morgan fingerprint density at radius 2 is 1.62 bits per heavy atom. The van der Waals surface area contributed by atoms with Gasteiger partial charge in [0.05, 0.1) is 0 Å². The van der Waals surface area contributed by atoms with E-state index < -0.39 is 37.5 Å². The van der Waals surface area contributed by atoms with Gasteiger partial charge in [-0.3, -0.25) is 0 Å². The van der Waals surface area contributed by atoms with Crippen molar-refractivity contribution >= 4 is 0 Å². The normalized spacial score (nSPS) is 102. The van der Waals surface area contributed by atoms with Gasteiger partial charge < -0.3 is 11.5 Å². The van der Waals surface area contributed by atoms with Crippen molar-refractivity contribution in [1.29, 1.82) is 0 Å². The lowest BCUT2D eigenvalue weighted by molar-refractivity contribution is 0.385. The molecule has 8 heavy (non-hydrogen) atoms. The topological polar surface area (TPSA) is 52.0 Å². The van der Waals surface area contributed by atoms with E-state index in [9.17, 15) is 0 Å². The zero-order valence-corrected chi connectivity index (χ0v) is 4.15. The molecule has 0 bridgehead atoms. The maximum absolute atomic E-state index is 7.56. The van der Waals surface area contributed by atoms with Crippen LogP contribution in [0, 0.1) is 0 Å². The van der Waals surface area contributed by atoms with Gasteiger partial charge >= 0.3 is 0 Å². The van der Waals surface area contributed by atoms with Crippen molar-refractivity contribution in [3.63, 3.8) is 0 Å². The predicted molar refractivity (Wildman–Crippen MR) is 34.4 cm³/mol. The largest absolute Gasteiger partial charge is 0.326 e. The van der Waals surface area contributed by atoms with Crippen LogP contribution in [0.1, 0.15) is 39.2 Å². The third-order valence-corrected chi connectivity index (χ3v) is 0.747. The number of nitrogens with two attached hydrogens (primary N) is 2. The van der Waals surface area contributed by atoms with E-state index in [-0.39, 0.29) is 0 Å². The van der Waals surface area contributed by atoms with Gasteiger partial charge in [-0.15, -0.1) is 0 Å². The average molecular weight is 124 g/mol. The van der Waals surface area contributed by atoms with Gasteiger partial charge in [-0.1, -0.05) is 12.7 Å². The van der Waals surface area contributed by atoms with Crippen molar-refractivity contribution in [2.75, 3.05) is 0 Å². The fraction of sp³-hybridized carbons (Fsp3) is 1.00. The maximum Gasteiger partial charge on any atom is 0.0479 e. The Bertz CT molecular complexity index is 256. The van der Waals surface area contributed by atoms with Crippen LogP contribution in [-0.2, 0) is 0 Å². The zero-order chi connectivity index (χ0) is 15.0. The van der Waals surface area contributed by atoms with Crippen molar-refractivity contribution < 1.29 is 13.7 Å². The molecule has 2 atom stereocenters. The fourth-order valence-corrected chi connectivity index (χ4v) is 0.332. The highest BCUT2D eigenvalue weighted by Crippen LogP contribution is 2.14. The van der Waals surface area contributed by atoms with Gasteiger partial charge in [0, 0.05) is 25.7 Å². The number of hydrogen-bond donors (Lipinski definition) is 2. The summed E-state index contributed by atoms with van der Waals surface area (Å²) in [6.45, 7) is 0. The van der Waals surface area contributed by atoms with Gasteiger partial charge in [0.2, 0.25) is 0 Å². The highest BCUT2D eigenvalue weighted by atomic mass is 14.8. The molecule has 0 radical (unpaired) electrons. The van der Waals surface area contributed by atoms with E-state index in [1.807, 2.05) is 0 Å². The predicted octanol–water partition coefficient (Wildman–Crippen LogP) is 0.215. The van der Waals surface area contributed by atoms with E-state index in [0.29, 0.717) is 0 Å². The molecule has 0 heterocycles. The van der Waals surface area contributed by atoms with E-state index in [0.717, 1.165) is 0 Å². The molecule has 0 aromatic carbocycles. The summed E-state index contributed by atoms with van der Waals surface area (Å²) in [6, 6.07) is -6.34. The van der Waals surface area contributed by atoms with Crippen molar-refractivity contribution in [3.8, 4) is 0 Å². The summed E-state index contributed by atoms with van der Waals surface area (Å²) < 4.78 is 74.9. The Balaban J connectivity index is 3.72. The van der Waals surface area contributed by atoms with Crippen molar-refractivity contribution in [2.45, 2.75) is 37.5 Å². The molecule has 48 valence electrons. The summed E-state index contributed by atoms with van der Waals surface area (Å²) in [6.07, 6.45) is -13.6. The first kappa shape index (κ1) is 1.18. The van der Waals surface area contributed by atoms with Crippen molar-refractivity contribution in [3.05, 3.63) is 0 Å². The summed E-state index contributed by atoms with van der Waals surface area (Å²) in [5, 5.41) is 0. The minimum absolute atomic E-state index is 3.17. The summed E-state index contributed by atoms with van der Waals surface area (Å²) in [5.41, 5.74) is 10.5. The van der Waals surface area contributed by atoms with Gasteiger partial charge in [-0.2, -0.15) is 0 Å². The first-order valence-corrected chi connectivity index (χ1v) is 2.08. The molecular weight excluding hydrogens is 100 g/mol. The Morgan fingerprint density at radius 1 is 1.25 bits per heavy atom. The minimum atomic E-state index is -3.43. The Morgan fingerprint density at radius 3 is 2.00 bits per heavy atom. The Hall–Kier alpha value is -0.0800. The third-order valence-electron chi connectivity index (χ3n) is 0.747. The van der Waals surface area contributed by atoms with Crippen LogP contribution >= 0.6 is 0 Å². The van der Waals surface area contributed by atoms with Crippen LogP contribution in [0.25, 0.3) is 0 Å². The zero-order valence-electron chi connectivity index (χ0n) is 14.2. The monoisotopic (exact) mass is 124 g/mol. The second kappa shape index (κ2) is 2.46. The first-order valence-electron chi connectivity index (χ1n) is 7.08. The second-order valence-corrected chi connectivity index (χ2v) is 1.33. The van der Waals surface area contributed by atoms with Crippen molar-refractivity contribution in [1.82, 2.24) is 0 Å². The molecule has 2 unspecified atom stereocenters. The van der Waals surface area contributed by atoms with Crippen molar-refractivity contribution in [2.24, 2.45) is 11.5 Å². The minimum Gasteiger partial charge on any atom is -0.326 e. The van der Waals surface area contributed by atoms with Gasteiger partial charge in [0.25, 0.3) is 0 Å². The van der Waals surface area contributed by atoms with Gasteiger partial charge in [-0.25, -0.2) is 0 Å². The second-order valence-electron chi connectivity index (χ2n) is 1.33. The highest BCUT2D eigenvalue weighted by Gasteiger charge is 2.16. The lowest BCUT2D eigenvalue weighted by atomic mass is 9.92. The molecule has 0 spiro atoms. The fourth-order valence-electron chi connectivity index (χ4n) is 0.332. The van der Waals surface area contributed by atoms with Gasteiger partial charge in [-0.05, 0) is 12.7 Å². The summed E-state index contributed by atoms with van der Waals surface area (Å²) in [4.78, 5) is 0. The first-order chi connectivity index (χ1) is 7.50. The van der Waals surface area contributed by atoms with Crippen LogP contribution in [0.4, 0.5) is 0 Å². The smallest absolute Gasteiger partial charge is 0.0479 e. The lowest BCUT2D eigenvalue weighted by Crippen LogP contribution is -2.43. The molecule has 1 fully saturated rings. The van der Waals surface area contributed by atoms with E-state index in [4.69, 9.17) is 25.2 Å². The van der Waals surface area contributed by atoms with Crippen LogP contribution < -0.4 is 11.5 Å². The lowest BCUT2D eigenvalue weighted by Gasteiger charge is -2.24. The molecule has 2 nitrogen and oxygen atoms in total. The molecule has 1 aliphatic carbocycles. The molecule has 0 saturated heterocycles. The molecule has 4 N–H and O–H groups in total. The van der Waals surface area contributed by atoms with Gasteiger partial charge in [0.15, 0.2) is 0 Å². The Labute approximate surface area is 64.3 Å². The average Bonchev–Trinajstić information content (AvgIpc) is 2.14. The van der Waals surface area contributed by atoms with E-state index in [1.54, 1.807) is 0 Å². The van der Waals surface area contributed by atoms with Gasteiger partial charge in [0.1, 0.15) is 0 Å². The standard InChI is InChI=1S/C6H14N2/c7-5-3-1-2-4-6(5)8/h5-6H,1-4,7-8H2/i1D2,2D2,3D2,4D2,5D,6D. The number of rotatable bonds is 0. The third kappa shape index (κ3) is 1.20. The molecule has 1 saturated carbocycles. The van der Waals surface area contributed by atoms with E-state index in [1.165, 1.54) is 0 Å². The number of hydrogen-bond acceptors (Lipinski definition) is 2. The molecule has 1 aliphatic rings. The molecule has 0 aliphatic heterocycles. The molecular formula is C6H14N2. The summed E-state index contributed by atoms with van der Waals surface area (Å²) in [7, 11) is 0. The van der Waals surface area contributed by atoms with Crippen LogP contribution in [-0.4, -0.2) is 12.0 Å². The highest BCUT2D eigenvalue weighted by molar-refractivity contribution is 4.79. The maximum atomic E-state index is 7.56. The molecule has 2 heteroatoms. The molecule has 1 rings (SSSR count). The molecule has 0 amide bonds. The van der Waals surface area contributed by atoms with Crippen LogP contribution in [0.5, 0.6) is 0 Å².